The maximum Gasteiger partial charge on any atom is 0.227 e. The molecular formula is C20H26O5. The van der Waals surface area contributed by atoms with Crippen LogP contribution in [0.15, 0.2) is 17.4 Å². The number of carbonyl (C=O) groups excluding carboxylic acids is 1. The molecule has 3 rings (SSSR count). The van der Waals surface area contributed by atoms with Crippen LogP contribution in [0.4, 0.5) is 0 Å². The van der Waals surface area contributed by atoms with E-state index in [1.54, 1.807) is 6.07 Å². The van der Waals surface area contributed by atoms with Crippen LogP contribution in [0.3, 0.4) is 0 Å². The number of phenolic OH excluding ortho intramolecular Hbond substituents is 2. The molecule has 1 fully saturated rings. The van der Waals surface area contributed by atoms with Crippen LogP contribution in [0.2, 0.25) is 0 Å². The SMILES string of the molecule is CC(C)c1cc2c(c(O)c1O)[C@@]1(C)CCC[C@](C)(CO)C1=C(O)C2=O. The van der Waals surface area contributed by atoms with Crippen molar-refractivity contribution in [2.45, 2.75) is 58.3 Å². The number of aliphatic hydroxyl groups excluding tert-OH is 2. The second-order valence-electron chi connectivity index (χ2n) is 8.20. The van der Waals surface area contributed by atoms with Crippen LogP contribution in [0, 0.1) is 5.41 Å². The fourth-order valence-corrected chi connectivity index (χ4v) is 4.80. The second kappa shape index (κ2) is 5.49. The first kappa shape index (κ1) is 17.8. The van der Waals surface area contributed by atoms with Crippen LogP contribution >= 0.6 is 0 Å². The normalized spacial score (nSPS) is 29.0. The Morgan fingerprint density at radius 2 is 1.76 bits per heavy atom. The van der Waals surface area contributed by atoms with Crippen molar-refractivity contribution in [3.8, 4) is 11.5 Å². The largest absolute Gasteiger partial charge is 0.504 e. The molecular weight excluding hydrogens is 320 g/mol. The van der Waals surface area contributed by atoms with E-state index < -0.39 is 16.6 Å². The van der Waals surface area contributed by atoms with Gasteiger partial charge >= 0.3 is 0 Å². The lowest BCUT2D eigenvalue weighted by Gasteiger charge is -2.49. The van der Waals surface area contributed by atoms with E-state index in [0.717, 1.165) is 6.42 Å². The number of phenols is 2. The lowest BCUT2D eigenvalue weighted by Crippen LogP contribution is -2.46. The molecule has 0 aliphatic heterocycles. The summed E-state index contributed by atoms with van der Waals surface area (Å²) in [4.78, 5) is 12.9. The maximum absolute atomic E-state index is 12.9. The van der Waals surface area contributed by atoms with Crippen LogP contribution in [-0.2, 0) is 5.41 Å². The Hall–Kier alpha value is -2.01. The molecule has 2 aliphatic carbocycles. The van der Waals surface area contributed by atoms with Crippen molar-refractivity contribution in [2.24, 2.45) is 5.41 Å². The fraction of sp³-hybridized carbons (Fsp3) is 0.550. The Labute approximate surface area is 147 Å². The molecule has 0 radical (unpaired) electrons. The summed E-state index contributed by atoms with van der Waals surface area (Å²) in [5, 5.41) is 41.9. The van der Waals surface area contributed by atoms with Gasteiger partial charge in [0.2, 0.25) is 5.78 Å². The summed E-state index contributed by atoms with van der Waals surface area (Å²) in [7, 11) is 0. The van der Waals surface area contributed by atoms with Crippen molar-refractivity contribution in [1.29, 1.82) is 0 Å². The van der Waals surface area contributed by atoms with Crippen molar-refractivity contribution >= 4 is 5.78 Å². The topological polar surface area (TPSA) is 98.0 Å². The third-order valence-electron chi connectivity index (χ3n) is 6.08. The summed E-state index contributed by atoms with van der Waals surface area (Å²) in [5.74, 6) is -1.46. The molecule has 136 valence electrons. The van der Waals surface area contributed by atoms with Crippen LogP contribution < -0.4 is 0 Å². The van der Waals surface area contributed by atoms with Crippen molar-refractivity contribution in [3.05, 3.63) is 34.1 Å². The summed E-state index contributed by atoms with van der Waals surface area (Å²) in [6.07, 6.45) is 2.05. The van der Waals surface area contributed by atoms with Crippen LogP contribution in [-0.4, -0.2) is 32.8 Å². The van der Waals surface area contributed by atoms with E-state index in [2.05, 4.69) is 0 Å². The first-order valence-electron chi connectivity index (χ1n) is 8.77. The van der Waals surface area contributed by atoms with Gasteiger partial charge in [0, 0.05) is 27.5 Å². The lowest BCUT2D eigenvalue weighted by molar-refractivity contribution is 0.0873. The van der Waals surface area contributed by atoms with Gasteiger partial charge < -0.3 is 20.4 Å². The highest BCUT2D eigenvalue weighted by molar-refractivity contribution is 6.11. The number of carbonyl (C=O) groups is 1. The third-order valence-corrected chi connectivity index (χ3v) is 6.08. The Bertz CT molecular complexity index is 792. The minimum Gasteiger partial charge on any atom is -0.504 e. The van der Waals surface area contributed by atoms with Gasteiger partial charge in [-0.2, -0.15) is 0 Å². The van der Waals surface area contributed by atoms with Crippen LogP contribution in [0.1, 0.15) is 74.4 Å². The Balaban J connectivity index is 2.38. The molecule has 25 heavy (non-hydrogen) atoms. The minimum absolute atomic E-state index is 0.0848. The number of rotatable bonds is 2. The zero-order valence-corrected chi connectivity index (χ0v) is 15.2. The van der Waals surface area contributed by atoms with E-state index in [1.807, 2.05) is 27.7 Å². The molecule has 0 saturated heterocycles. The number of hydrogen-bond donors (Lipinski definition) is 4. The predicted octanol–water partition coefficient (Wildman–Crippen LogP) is 3.67. The molecule has 2 aliphatic rings. The molecule has 1 aromatic carbocycles. The highest BCUT2D eigenvalue weighted by atomic mass is 16.3. The van der Waals surface area contributed by atoms with Gasteiger partial charge in [-0.05, 0) is 30.4 Å². The summed E-state index contributed by atoms with van der Waals surface area (Å²) in [6, 6.07) is 1.58. The highest BCUT2D eigenvalue weighted by Gasteiger charge is 2.53. The van der Waals surface area contributed by atoms with Crippen molar-refractivity contribution in [2.75, 3.05) is 6.61 Å². The molecule has 5 heteroatoms. The molecule has 0 spiro atoms. The number of fused-ring (bicyclic) bond motifs is 3. The monoisotopic (exact) mass is 346 g/mol. The van der Waals surface area contributed by atoms with Crippen LogP contribution in [0.25, 0.3) is 0 Å². The van der Waals surface area contributed by atoms with Gasteiger partial charge in [-0.1, -0.05) is 34.1 Å². The minimum atomic E-state index is -0.805. The summed E-state index contributed by atoms with van der Waals surface area (Å²) >= 11 is 0. The molecule has 1 saturated carbocycles. The zero-order valence-electron chi connectivity index (χ0n) is 15.2. The summed E-state index contributed by atoms with van der Waals surface area (Å²) in [5.41, 5.74) is 0.0171. The van der Waals surface area contributed by atoms with Crippen LogP contribution in [0.5, 0.6) is 11.5 Å². The third kappa shape index (κ3) is 2.21. The van der Waals surface area contributed by atoms with Gasteiger partial charge in [-0.3, -0.25) is 4.79 Å². The van der Waals surface area contributed by atoms with Crippen molar-refractivity contribution < 1.29 is 25.2 Å². The molecule has 5 nitrogen and oxygen atoms in total. The van der Waals surface area contributed by atoms with E-state index in [9.17, 15) is 25.2 Å². The maximum atomic E-state index is 12.9. The van der Waals surface area contributed by atoms with E-state index in [-0.39, 0.29) is 35.3 Å². The van der Waals surface area contributed by atoms with Gasteiger partial charge in [0.05, 0.1) is 6.61 Å². The average Bonchev–Trinajstić information content (AvgIpc) is 2.54. The standard InChI is InChI=1S/C20H26O5/c1-10(2)11-8-12-13(16(24)14(11)22)20(4)7-5-6-19(3,9-21)18(20)17(25)15(12)23/h8,10,21-22,24-25H,5-7,9H2,1-4H3/t19-,20-/m1/s1. The summed E-state index contributed by atoms with van der Waals surface area (Å²) in [6.45, 7) is 7.22. The van der Waals surface area contributed by atoms with E-state index >= 15 is 0 Å². The van der Waals surface area contributed by atoms with E-state index in [1.165, 1.54) is 0 Å². The molecule has 0 unspecified atom stereocenters. The van der Waals surface area contributed by atoms with E-state index in [4.69, 9.17) is 0 Å². The fourth-order valence-electron chi connectivity index (χ4n) is 4.80. The van der Waals surface area contributed by atoms with Crippen molar-refractivity contribution in [3.63, 3.8) is 0 Å². The van der Waals surface area contributed by atoms with Gasteiger partial charge in [0.25, 0.3) is 0 Å². The van der Waals surface area contributed by atoms with Gasteiger partial charge in [0.15, 0.2) is 17.3 Å². The average molecular weight is 346 g/mol. The molecule has 0 amide bonds. The first-order valence-corrected chi connectivity index (χ1v) is 8.77. The van der Waals surface area contributed by atoms with Crippen molar-refractivity contribution in [1.82, 2.24) is 0 Å². The number of ketones is 1. The molecule has 2 atom stereocenters. The lowest BCUT2D eigenvalue weighted by atomic mass is 9.54. The molecule has 4 N–H and O–H groups in total. The number of aromatic hydroxyl groups is 2. The second-order valence-corrected chi connectivity index (χ2v) is 8.20. The quantitative estimate of drug-likeness (QED) is 0.613. The predicted molar refractivity (Wildman–Crippen MR) is 94.2 cm³/mol. The van der Waals surface area contributed by atoms with E-state index in [0.29, 0.717) is 29.5 Å². The number of allylic oxidation sites excluding steroid dienone is 1. The zero-order chi connectivity index (χ0) is 18.7. The van der Waals surface area contributed by atoms with Gasteiger partial charge in [-0.15, -0.1) is 0 Å². The van der Waals surface area contributed by atoms with Gasteiger partial charge in [-0.25, -0.2) is 0 Å². The molecule has 0 bridgehead atoms. The number of hydrogen-bond acceptors (Lipinski definition) is 5. The van der Waals surface area contributed by atoms with Gasteiger partial charge in [0.1, 0.15) is 0 Å². The Morgan fingerprint density at radius 1 is 1.12 bits per heavy atom. The number of Topliss-reactive ketones (excluding diaryl/α,β-unsaturated/α-hetero) is 1. The smallest absolute Gasteiger partial charge is 0.227 e. The Morgan fingerprint density at radius 3 is 2.32 bits per heavy atom. The number of aliphatic hydroxyl groups is 2. The molecule has 0 aromatic heterocycles. The summed E-state index contributed by atoms with van der Waals surface area (Å²) < 4.78 is 0. The molecule has 0 heterocycles. The molecule has 1 aromatic rings. The first-order chi connectivity index (χ1) is 11.6. The number of benzene rings is 1. The highest BCUT2D eigenvalue weighted by Crippen LogP contribution is 2.59. The Kier molecular flexibility index (Phi) is 3.91.